The van der Waals surface area contributed by atoms with Gasteiger partial charge in [0, 0.05) is 91.0 Å². The van der Waals surface area contributed by atoms with E-state index in [1.165, 1.54) is 0 Å². The van der Waals surface area contributed by atoms with Crippen LogP contribution in [0.25, 0.3) is 39.1 Å². The minimum atomic E-state index is -0.445. The topological polar surface area (TPSA) is 127 Å². The van der Waals surface area contributed by atoms with Crippen molar-refractivity contribution in [2.75, 3.05) is 40.4 Å². The van der Waals surface area contributed by atoms with Crippen molar-refractivity contribution in [3.05, 3.63) is 83.1 Å². The number of pyridine rings is 2. The van der Waals surface area contributed by atoms with E-state index in [9.17, 15) is 9.90 Å². The van der Waals surface area contributed by atoms with Gasteiger partial charge < -0.3 is 25.2 Å². The minimum Gasteiger partial charge on any atom is -0.496 e. The second-order valence-electron chi connectivity index (χ2n) is 12.8. The number of carbonyl (C=O) groups excluding carboxylic acids is 1. The van der Waals surface area contributed by atoms with Crippen LogP contribution in [-0.2, 0) is 17.9 Å². The molecule has 0 bridgehead atoms. The molecule has 3 aromatic heterocycles. The van der Waals surface area contributed by atoms with Gasteiger partial charge in [-0.1, -0.05) is 48.0 Å². The number of hydrogen-bond donors (Lipinski definition) is 3. The number of fused-ring (bicyclic) bond motifs is 1. The SMILES string of the molecule is COc1cc(-n2ncc3c(-c4cccc(-c5ccc(CN6CC7(CNC(=O)C7)C6)c(OC)n5)c4Cl)cccc32)ncc1CNC[C@@H](C)O. The van der Waals surface area contributed by atoms with E-state index in [0.717, 1.165) is 64.0 Å². The molecule has 0 radical (unpaired) electrons. The molecule has 1 amide bonds. The average molecular weight is 668 g/mol. The van der Waals surface area contributed by atoms with Crippen LogP contribution >= 0.6 is 11.6 Å². The van der Waals surface area contributed by atoms with Crippen molar-refractivity contribution < 1.29 is 19.4 Å². The number of methoxy groups -OCH3 is 2. The lowest BCUT2D eigenvalue weighted by Crippen LogP contribution is -2.56. The molecule has 1 atom stereocenters. The molecule has 48 heavy (non-hydrogen) atoms. The van der Waals surface area contributed by atoms with Crippen LogP contribution in [0.5, 0.6) is 11.6 Å². The van der Waals surface area contributed by atoms with Crippen LogP contribution in [-0.4, -0.2) is 82.2 Å². The Bertz CT molecular complexity index is 1990. The summed E-state index contributed by atoms with van der Waals surface area (Å²) in [6.07, 6.45) is 3.75. The highest BCUT2D eigenvalue weighted by atomic mass is 35.5. The highest BCUT2D eigenvalue weighted by Gasteiger charge is 2.48. The number of amides is 1. The summed E-state index contributed by atoms with van der Waals surface area (Å²) in [6.45, 7) is 5.94. The lowest BCUT2D eigenvalue weighted by atomic mass is 9.79. The fraction of sp³-hybridized carbons (Fsp3) is 0.333. The number of nitrogens with one attached hydrogen (secondary N) is 2. The molecule has 0 aliphatic carbocycles. The third kappa shape index (κ3) is 6.10. The van der Waals surface area contributed by atoms with Crippen molar-refractivity contribution in [2.24, 2.45) is 5.41 Å². The average Bonchev–Trinajstić information content (AvgIpc) is 3.69. The second kappa shape index (κ2) is 13.2. The Morgan fingerprint density at radius 1 is 1.04 bits per heavy atom. The molecule has 2 fully saturated rings. The van der Waals surface area contributed by atoms with Gasteiger partial charge in [0.1, 0.15) is 5.75 Å². The number of halogens is 1. The van der Waals surface area contributed by atoms with Gasteiger partial charge in [-0.05, 0) is 24.6 Å². The first-order valence-electron chi connectivity index (χ1n) is 16.0. The van der Waals surface area contributed by atoms with Crippen LogP contribution in [0.15, 0.2) is 67.0 Å². The first kappa shape index (κ1) is 32.0. The standard InChI is InChI=1S/C36H38ClN7O4/c1-22(45)14-38-15-24-16-39-32(12-31(24)47-2)44-30-9-5-6-25(28(30)17-41-44)26-7-4-8-27(34(26)37)29-11-10-23(35(42-29)48-3)18-43-20-36(21-43)13-33(46)40-19-36/h4-12,16-17,22,38,45H,13-15,18-21H2,1-3H3,(H,40,46)/t22-/m1/s1. The molecular weight excluding hydrogens is 630 g/mol. The Balaban J connectivity index is 1.15. The zero-order valence-electron chi connectivity index (χ0n) is 27.2. The predicted octanol–water partition coefficient (Wildman–Crippen LogP) is 4.61. The van der Waals surface area contributed by atoms with Crippen LogP contribution < -0.4 is 20.1 Å². The van der Waals surface area contributed by atoms with E-state index in [1.807, 2.05) is 60.8 Å². The highest BCUT2D eigenvalue weighted by molar-refractivity contribution is 6.36. The molecule has 5 heterocycles. The maximum absolute atomic E-state index is 11.7. The van der Waals surface area contributed by atoms with Crippen molar-refractivity contribution in [2.45, 2.75) is 32.5 Å². The molecule has 2 aliphatic heterocycles. The summed E-state index contributed by atoms with van der Waals surface area (Å²) >= 11 is 7.15. The van der Waals surface area contributed by atoms with E-state index in [1.54, 1.807) is 32.0 Å². The molecule has 0 unspecified atom stereocenters. The molecule has 11 nitrogen and oxygen atoms in total. The number of ether oxygens (including phenoxy) is 2. The molecule has 2 aromatic carbocycles. The van der Waals surface area contributed by atoms with E-state index in [4.69, 9.17) is 31.2 Å². The van der Waals surface area contributed by atoms with Crippen molar-refractivity contribution in [1.82, 2.24) is 35.3 Å². The van der Waals surface area contributed by atoms with E-state index < -0.39 is 6.10 Å². The number of benzene rings is 2. The lowest BCUT2D eigenvalue weighted by Gasteiger charge is -2.47. The first-order valence-corrected chi connectivity index (χ1v) is 16.4. The largest absolute Gasteiger partial charge is 0.496 e. The normalized spacial score (nSPS) is 16.2. The number of likely N-dealkylation sites (tertiary alicyclic amines) is 1. The van der Waals surface area contributed by atoms with E-state index >= 15 is 0 Å². The number of nitrogens with zero attached hydrogens (tertiary/aromatic N) is 5. The maximum atomic E-state index is 11.7. The van der Waals surface area contributed by atoms with Gasteiger partial charge in [-0.25, -0.2) is 14.6 Å². The fourth-order valence-electron chi connectivity index (χ4n) is 6.86. The summed E-state index contributed by atoms with van der Waals surface area (Å²) in [5.41, 5.74) is 6.13. The molecule has 1 spiro atoms. The third-order valence-electron chi connectivity index (χ3n) is 9.14. The van der Waals surface area contributed by atoms with Gasteiger partial charge in [0.25, 0.3) is 0 Å². The summed E-state index contributed by atoms with van der Waals surface area (Å²) < 4.78 is 13.2. The van der Waals surface area contributed by atoms with Gasteiger partial charge in [-0.2, -0.15) is 5.10 Å². The number of carbonyl (C=O) groups is 1. The number of hydrogen-bond acceptors (Lipinski definition) is 9. The summed E-state index contributed by atoms with van der Waals surface area (Å²) in [5.74, 6) is 2.01. The van der Waals surface area contributed by atoms with Gasteiger partial charge in [-0.3, -0.25) is 9.69 Å². The summed E-state index contributed by atoms with van der Waals surface area (Å²) in [6, 6.07) is 17.9. The van der Waals surface area contributed by atoms with Crippen LogP contribution in [0.4, 0.5) is 0 Å². The fourth-order valence-corrected chi connectivity index (χ4v) is 7.19. The van der Waals surface area contributed by atoms with E-state index in [2.05, 4.69) is 20.5 Å². The Hall–Kier alpha value is -4.55. The van der Waals surface area contributed by atoms with E-state index in [-0.39, 0.29) is 11.3 Å². The van der Waals surface area contributed by atoms with Crippen LogP contribution in [0.2, 0.25) is 5.02 Å². The number of aliphatic hydroxyl groups excluding tert-OH is 1. The van der Waals surface area contributed by atoms with Crippen LogP contribution in [0, 0.1) is 5.41 Å². The monoisotopic (exact) mass is 667 g/mol. The maximum Gasteiger partial charge on any atom is 0.220 e. The Morgan fingerprint density at radius 3 is 2.58 bits per heavy atom. The molecule has 7 rings (SSSR count). The molecule has 2 saturated heterocycles. The zero-order chi connectivity index (χ0) is 33.4. The van der Waals surface area contributed by atoms with Crippen molar-refractivity contribution in [1.29, 1.82) is 0 Å². The molecule has 2 aliphatic rings. The molecular formula is C36H38ClN7O4. The smallest absolute Gasteiger partial charge is 0.220 e. The molecule has 5 aromatic rings. The predicted molar refractivity (Wildman–Crippen MR) is 184 cm³/mol. The third-order valence-corrected chi connectivity index (χ3v) is 9.55. The number of rotatable bonds is 11. The van der Waals surface area contributed by atoms with Crippen molar-refractivity contribution in [3.8, 4) is 39.8 Å². The van der Waals surface area contributed by atoms with E-state index in [0.29, 0.717) is 48.5 Å². The van der Waals surface area contributed by atoms with Gasteiger partial charge >= 0.3 is 0 Å². The quantitative estimate of drug-likeness (QED) is 0.185. The second-order valence-corrected chi connectivity index (χ2v) is 13.1. The van der Waals surface area contributed by atoms with Crippen LogP contribution in [0.1, 0.15) is 24.5 Å². The Morgan fingerprint density at radius 2 is 1.83 bits per heavy atom. The molecule has 0 saturated carbocycles. The zero-order valence-corrected chi connectivity index (χ0v) is 27.9. The van der Waals surface area contributed by atoms with Gasteiger partial charge in [0.05, 0.1) is 42.8 Å². The molecule has 12 heteroatoms. The summed E-state index contributed by atoms with van der Waals surface area (Å²) in [4.78, 5) is 23.6. The Kier molecular flexibility index (Phi) is 8.78. The highest BCUT2D eigenvalue weighted by Crippen LogP contribution is 2.41. The number of aromatic nitrogens is 4. The van der Waals surface area contributed by atoms with Gasteiger partial charge in [0.2, 0.25) is 11.8 Å². The summed E-state index contributed by atoms with van der Waals surface area (Å²) in [7, 11) is 3.26. The van der Waals surface area contributed by atoms with Crippen LogP contribution in [0.3, 0.4) is 0 Å². The first-order chi connectivity index (χ1) is 23.3. The summed E-state index contributed by atoms with van der Waals surface area (Å²) in [5, 5.41) is 22.0. The van der Waals surface area contributed by atoms with Crippen molar-refractivity contribution in [3.63, 3.8) is 0 Å². The molecule has 248 valence electrons. The number of aliphatic hydroxyl groups is 1. The van der Waals surface area contributed by atoms with Gasteiger partial charge in [0.15, 0.2) is 5.82 Å². The minimum absolute atomic E-state index is 0.0661. The Labute approximate surface area is 283 Å². The lowest BCUT2D eigenvalue weighted by molar-refractivity contribution is -0.120. The van der Waals surface area contributed by atoms with Gasteiger partial charge in [-0.15, -0.1) is 0 Å². The van der Waals surface area contributed by atoms with Crippen molar-refractivity contribution >= 4 is 28.4 Å². The molecule has 3 N–H and O–H groups in total.